The molecule has 2 unspecified atom stereocenters. The van der Waals surface area contributed by atoms with Crippen LogP contribution in [0, 0.1) is 5.92 Å². The maximum absolute atomic E-state index is 2.77. The first-order chi connectivity index (χ1) is 13.4. The Morgan fingerprint density at radius 2 is 1.46 bits per heavy atom. The third-order valence-electron chi connectivity index (χ3n) is 6.23. The summed E-state index contributed by atoms with van der Waals surface area (Å²) in [6.45, 7) is 12.2. The average Bonchev–Trinajstić information content (AvgIpc) is 3.24. The van der Waals surface area contributed by atoms with Crippen LogP contribution in [-0.2, 0) is 3.55 Å². The van der Waals surface area contributed by atoms with Gasteiger partial charge in [-0.3, -0.25) is 0 Å². The second kappa shape index (κ2) is 7.51. The Kier molecular flexibility index (Phi) is 5.37. The monoisotopic (exact) mass is 486 g/mol. The molecule has 0 radical (unpaired) electrons. The molecule has 2 heteroatoms. The van der Waals surface area contributed by atoms with Gasteiger partial charge >= 0.3 is 181 Å². The zero-order chi connectivity index (χ0) is 19.9. The SMILES string of the molecule is CCCC(CC)([I-]C(C)(C)CC1C=C1C)n1c2ccccc2c2ccccc21. The normalized spacial score (nSPS) is 19.2. The van der Waals surface area contributed by atoms with Gasteiger partial charge in [0.05, 0.1) is 0 Å². The number of nitrogens with zero attached hydrogens (tertiary/aromatic N) is 1. The molecule has 1 nitrogen and oxygen atoms in total. The predicted octanol–water partition coefficient (Wildman–Crippen LogP) is 4.49. The maximum atomic E-state index is 2.77. The molecule has 0 N–H and O–H groups in total. The van der Waals surface area contributed by atoms with Crippen molar-refractivity contribution >= 4 is 21.8 Å². The van der Waals surface area contributed by atoms with Crippen molar-refractivity contribution in [2.45, 2.75) is 67.3 Å². The van der Waals surface area contributed by atoms with Crippen molar-refractivity contribution in [3.8, 4) is 0 Å². The van der Waals surface area contributed by atoms with Crippen LogP contribution < -0.4 is 21.2 Å². The van der Waals surface area contributed by atoms with E-state index in [4.69, 9.17) is 0 Å². The third kappa shape index (κ3) is 3.53. The van der Waals surface area contributed by atoms with E-state index in [1.54, 1.807) is 5.57 Å². The molecule has 0 amide bonds. The molecule has 0 spiro atoms. The number of hydrogen-bond acceptors (Lipinski definition) is 0. The number of fused-ring (bicyclic) bond motifs is 3. The summed E-state index contributed by atoms with van der Waals surface area (Å²) in [5.74, 6) is 0.768. The molecule has 28 heavy (non-hydrogen) atoms. The summed E-state index contributed by atoms with van der Waals surface area (Å²) < 4.78 is 3.46. The Hall–Kier alpha value is -1.29. The molecular formula is C26H33IN-. The summed E-state index contributed by atoms with van der Waals surface area (Å²) in [4.78, 5) is 0. The number of aromatic nitrogens is 1. The molecule has 2 atom stereocenters. The van der Waals surface area contributed by atoms with Gasteiger partial charge in [-0.2, -0.15) is 0 Å². The predicted molar refractivity (Wildman–Crippen MR) is 119 cm³/mol. The van der Waals surface area contributed by atoms with Crippen LogP contribution in [0.4, 0.5) is 0 Å². The van der Waals surface area contributed by atoms with Crippen LogP contribution in [0.2, 0.25) is 0 Å². The van der Waals surface area contributed by atoms with E-state index in [-0.39, 0.29) is 24.8 Å². The molecule has 0 saturated heterocycles. The van der Waals surface area contributed by atoms with Crippen LogP contribution in [0.5, 0.6) is 0 Å². The minimum absolute atomic E-state index is 0.0663. The molecule has 1 heterocycles. The van der Waals surface area contributed by atoms with E-state index >= 15 is 0 Å². The van der Waals surface area contributed by atoms with Gasteiger partial charge in [-0.15, -0.1) is 0 Å². The molecule has 3 aromatic rings. The summed E-state index contributed by atoms with van der Waals surface area (Å²) in [6, 6.07) is 18.1. The van der Waals surface area contributed by atoms with Crippen LogP contribution >= 0.6 is 0 Å². The van der Waals surface area contributed by atoms with Gasteiger partial charge in [0.2, 0.25) is 0 Å². The van der Waals surface area contributed by atoms with Gasteiger partial charge in [0.15, 0.2) is 0 Å². The van der Waals surface area contributed by atoms with Gasteiger partial charge in [0.25, 0.3) is 0 Å². The third-order valence-corrected chi connectivity index (χ3v) is 10.9. The first-order valence-electron chi connectivity index (χ1n) is 10.7. The zero-order valence-corrected chi connectivity index (χ0v) is 20.1. The fraction of sp³-hybridized carbons (Fsp3) is 0.462. The number of allylic oxidation sites excluding steroid dienone is 2. The second-order valence-corrected chi connectivity index (χ2v) is 14.4. The van der Waals surface area contributed by atoms with Gasteiger partial charge < -0.3 is 0 Å². The Bertz CT molecular complexity index is 972. The number of rotatable bonds is 8. The summed E-state index contributed by atoms with van der Waals surface area (Å²) in [5, 5.41) is 2.82. The molecule has 4 rings (SSSR count). The van der Waals surface area contributed by atoms with Crippen molar-refractivity contribution in [1.82, 2.24) is 4.57 Å². The van der Waals surface area contributed by atoms with Crippen LogP contribution in [0.1, 0.15) is 60.3 Å². The summed E-state index contributed by atoms with van der Waals surface area (Å²) in [6.07, 6.45) is 7.52. The summed E-state index contributed by atoms with van der Waals surface area (Å²) in [7, 11) is 0. The number of benzene rings is 2. The molecule has 1 aromatic heterocycles. The van der Waals surface area contributed by atoms with E-state index in [2.05, 4.69) is 93.8 Å². The van der Waals surface area contributed by atoms with Crippen LogP contribution in [0.25, 0.3) is 21.8 Å². The van der Waals surface area contributed by atoms with Crippen molar-refractivity contribution in [2.24, 2.45) is 5.92 Å². The first-order valence-corrected chi connectivity index (χ1v) is 12.9. The van der Waals surface area contributed by atoms with Crippen molar-refractivity contribution in [3.63, 3.8) is 0 Å². The molecule has 1 aliphatic carbocycles. The van der Waals surface area contributed by atoms with Gasteiger partial charge in [-0.1, -0.05) is 0 Å². The van der Waals surface area contributed by atoms with E-state index in [1.807, 2.05) is 0 Å². The van der Waals surface area contributed by atoms with E-state index < -0.39 is 0 Å². The second-order valence-electron chi connectivity index (χ2n) is 8.93. The molecule has 0 aliphatic heterocycles. The molecule has 150 valence electrons. The fourth-order valence-corrected chi connectivity index (χ4v) is 10.2. The summed E-state index contributed by atoms with van der Waals surface area (Å²) >= 11 is -0.0663. The van der Waals surface area contributed by atoms with Gasteiger partial charge in [-0.05, 0) is 0 Å². The molecule has 0 fully saturated rings. The van der Waals surface area contributed by atoms with Crippen LogP contribution in [-0.4, -0.2) is 7.99 Å². The van der Waals surface area contributed by atoms with Crippen LogP contribution in [0.15, 0.2) is 60.2 Å². The Morgan fingerprint density at radius 3 is 1.93 bits per heavy atom. The first kappa shape index (κ1) is 20.0. The number of alkyl halides is 2. The van der Waals surface area contributed by atoms with Crippen LogP contribution in [0.3, 0.4) is 0 Å². The van der Waals surface area contributed by atoms with E-state index in [9.17, 15) is 0 Å². The van der Waals surface area contributed by atoms with Crippen molar-refractivity contribution in [1.29, 1.82) is 0 Å². The topological polar surface area (TPSA) is 4.93 Å². The molecule has 2 aromatic carbocycles. The Labute approximate surface area is 180 Å². The fourth-order valence-electron chi connectivity index (χ4n) is 4.87. The standard InChI is InChI=1S/C26H33IN/c1-6-16-26(7-2,27-25(4,5)18-20-17-19(20)3)28-23-14-10-8-12-21(23)22-13-9-11-15-24(22)28/h8-15,17,20H,6-7,16,18H2,1-5H3/q-1. The van der Waals surface area contributed by atoms with Gasteiger partial charge in [-0.25, -0.2) is 0 Å². The molecule has 1 aliphatic rings. The zero-order valence-electron chi connectivity index (χ0n) is 17.9. The van der Waals surface area contributed by atoms with E-state index in [0.29, 0.717) is 3.42 Å². The number of hydrogen-bond donors (Lipinski definition) is 0. The molecular weight excluding hydrogens is 453 g/mol. The van der Waals surface area contributed by atoms with E-state index in [0.717, 1.165) is 5.92 Å². The average molecular weight is 486 g/mol. The number of halogens is 1. The van der Waals surface area contributed by atoms with E-state index in [1.165, 1.54) is 47.5 Å². The Morgan fingerprint density at radius 1 is 0.929 bits per heavy atom. The summed E-state index contributed by atoms with van der Waals surface area (Å²) in [5.41, 5.74) is 4.46. The molecule has 0 bridgehead atoms. The molecule has 0 saturated carbocycles. The number of para-hydroxylation sites is 2. The Balaban J connectivity index is 1.87. The van der Waals surface area contributed by atoms with Gasteiger partial charge in [0, 0.05) is 0 Å². The minimum atomic E-state index is -0.0663. The quantitative estimate of drug-likeness (QED) is 0.251. The van der Waals surface area contributed by atoms with Crippen molar-refractivity contribution < 1.29 is 21.2 Å². The van der Waals surface area contributed by atoms with Gasteiger partial charge in [0.1, 0.15) is 0 Å². The van der Waals surface area contributed by atoms with Crippen molar-refractivity contribution in [2.75, 3.05) is 0 Å². The van der Waals surface area contributed by atoms with Crippen molar-refractivity contribution in [3.05, 3.63) is 60.2 Å².